The Hall–Kier alpha value is -1.89. The molecule has 0 radical (unpaired) electrons. The Bertz CT molecular complexity index is 718. The van der Waals surface area contributed by atoms with Gasteiger partial charge < -0.3 is 10.1 Å². The Morgan fingerprint density at radius 1 is 1.25 bits per heavy atom. The summed E-state index contributed by atoms with van der Waals surface area (Å²) >= 11 is 0. The molecule has 0 aromatic carbocycles. The summed E-state index contributed by atoms with van der Waals surface area (Å²) < 4.78 is 1.31. The third kappa shape index (κ3) is 3.16. The van der Waals surface area contributed by atoms with Gasteiger partial charge in [-0.05, 0) is 26.7 Å². The predicted molar refractivity (Wildman–Crippen MR) is 75.8 cm³/mol. The molecule has 0 aliphatic carbocycles. The molecule has 2 rings (SSSR count). The molecule has 0 atom stereocenters. The topological polar surface area (TPSA) is 104 Å². The second kappa shape index (κ2) is 5.24. The number of aryl methyl sites for hydroxylation is 2. The van der Waals surface area contributed by atoms with Gasteiger partial charge in [0.2, 0.25) is 0 Å². The molecule has 0 unspecified atom stereocenters. The number of hydrogen-bond donors (Lipinski definition) is 3. The largest absolute Gasteiger partial charge is 0.390 e. The van der Waals surface area contributed by atoms with Crippen molar-refractivity contribution in [2.24, 2.45) is 7.05 Å². The van der Waals surface area contributed by atoms with Gasteiger partial charge in [-0.25, -0.2) is 9.78 Å². The van der Waals surface area contributed by atoms with Gasteiger partial charge >= 0.3 is 5.69 Å². The number of aromatic nitrogens is 4. The van der Waals surface area contributed by atoms with E-state index in [1.807, 2.05) is 0 Å². The van der Waals surface area contributed by atoms with Crippen LogP contribution in [-0.2, 0) is 13.5 Å². The van der Waals surface area contributed by atoms with Gasteiger partial charge in [0.05, 0.1) is 5.60 Å². The van der Waals surface area contributed by atoms with Crippen LogP contribution < -0.4 is 11.2 Å². The molecule has 3 N–H and O–H groups in total. The summed E-state index contributed by atoms with van der Waals surface area (Å²) in [5.41, 5.74) is -0.878. The van der Waals surface area contributed by atoms with E-state index < -0.39 is 16.9 Å². The summed E-state index contributed by atoms with van der Waals surface area (Å²) in [6, 6.07) is 0. The van der Waals surface area contributed by atoms with Crippen molar-refractivity contribution < 1.29 is 5.11 Å². The number of unbranched alkanes of at least 4 members (excludes halogenated alkanes) is 1. The quantitative estimate of drug-likeness (QED) is 0.691. The number of hydrogen-bond acceptors (Lipinski definition) is 4. The van der Waals surface area contributed by atoms with Gasteiger partial charge in [0.15, 0.2) is 5.65 Å². The molecule has 0 spiro atoms. The molecule has 0 fully saturated rings. The third-order valence-corrected chi connectivity index (χ3v) is 3.26. The van der Waals surface area contributed by atoms with Crippen molar-refractivity contribution >= 4 is 11.2 Å². The SMILES string of the molecule is Cn1c(=O)[nH]c(=O)c2[nH]c(CCCCC(C)(C)O)nc21. The fraction of sp³-hybridized carbons (Fsp3) is 0.615. The molecule has 2 aromatic heterocycles. The van der Waals surface area contributed by atoms with Crippen LogP contribution in [0.1, 0.15) is 38.9 Å². The molecule has 2 aromatic rings. The first-order chi connectivity index (χ1) is 9.28. The van der Waals surface area contributed by atoms with Crippen LogP contribution in [0.4, 0.5) is 0 Å². The maximum Gasteiger partial charge on any atom is 0.329 e. The van der Waals surface area contributed by atoms with E-state index in [2.05, 4.69) is 15.0 Å². The molecule has 20 heavy (non-hydrogen) atoms. The number of nitrogens with one attached hydrogen (secondary N) is 2. The highest BCUT2D eigenvalue weighted by atomic mass is 16.3. The Kier molecular flexibility index (Phi) is 3.80. The lowest BCUT2D eigenvalue weighted by Crippen LogP contribution is -2.28. The van der Waals surface area contributed by atoms with E-state index in [0.29, 0.717) is 29.8 Å². The van der Waals surface area contributed by atoms with Gasteiger partial charge in [-0.1, -0.05) is 6.42 Å². The second-order valence-corrected chi connectivity index (χ2v) is 5.72. The first-order valence-electron chi connectivity index (χ1n) is 6.68. The third-order valence-electron chi connectivity index (χ3n) is 3.26. The van der Waals surface area contributed by atoms with Gasteiger partial charge in [-0.3, -0.25) is 14.3 Å². The minimum atomic E-state index is -0.658. The van der Waals surface area contributed by atoms with Crippen LogP contribution in [0.2, 0.25) is 0 Å². The van der Waals surface area contributed by atoms with E-state index in [0.717, 1.165) is 12.8 Å². The summed E-state index contributed by atoms with van der Waals surface area (Å²) in [6.45, 7) is 3.56. The average Bonchev–Trinajstić information content (AvgIpc) is 2.75. The van der Waals surface area contributed by atoms with Gasteiger partial charge in [-0.2, -0.15) is 0 Å². The van der Waals surface area contributed by atoms with E-state index in [1.165, 1.54) is 4.57 Å². The fourth-order valence-electron chi connectivity index (χ4n) is 2.12. The predicted octanol–water partition coefficient (Wildman–Crippen LogP) is 0.434. The Balaban J connectivity index is 2.13. The molecule has 0 aliphatic heterocycles. The maximum atomic E-state index is 11.7. The lowest BCUT2D eigenvalue weighted by atomic mass is 10.0. The molecular formula is C13H20N4O3. The van der Waals surface area contributed by atoms with E-state index >= 15 is 0 Å². The molecule has 0 aliphatic rings. The minimum Gasteiger partial charge on any atom is -0.390 e. The van der Waals surface area contributed by atoms with Gasteiger partial charge in [0, 0.05) is 13.5 Å². The van der Waals surface area contributed by atoms with Crippen LogP contribution >= 0.6 is 0 Å². The number of H-pyrrole nitrogens is 2. The van der Waals surface area contributed by atoms with Crippen LogP contribution in [0, 0.1) is 0 Å². The summed E-state index contributed by atoms with van der Waals surface area (Å²) in [5.74, 6) is 0.683. The molecule has 0 saturated carbocycles. The van der Waals surface area contributed by atoms with Crippen molar-refractivity contribution in [1.29, 1.82) is 0 Å². The first-order valence-corrected chi connectivity index (χ1v) is 6.68. The number of imidazole rings is 1. The zero-order valence-corrected chi connectivity index (χ0v) is 12.0. The van der Waals surface area contributed by atoms with Gasteiger partial charge in [0.1, 0.15) is 11.3 Å². The lowest BCUT2D eigenvalue weighted by molar-refractivity contribution is 0.0682. The van der Waals surface area contributed by atoms with E-state index in [-0.39, 0.29) is 0 Å². The maximum absolute atomic E-state index is 11.7. The van der Waals surface area contributed by atoms with Crippen molar-refractivity contribution in [3.05, 3.63) is 26.7 Å². The van der Waals surface area contributed by atoms with Gasteiger partial charge in [0.25, 0.3) is 5.56 Å². The highest BCUT2D eigenvalue weighted by Crippen LogP contribution is 2.14. The Labute approximate surface area is 115 Å². The number of aliphatic hydroxyl groups is 1. The standard InChI is InChI=1S/C13H20N4O3/c1-13(2,20)7-5-4-6-8-14-9-10(15-8)17(3)12(19)16-11(9)18/h20H,4-7H2,1-3H3,(H,14,15)(H,16,18,19). The van der Waals surface area contributed by atoms with Gasteiger partial charge in [-0.15, -0.1) is 0 Å². The van der Waals surface area contributed by atoms with Crippen molar-refractivity contribution in [3.63, 3.8) is 0 Å². The second-order valence-electron chi connectivity index (χ2n) is 5.72. The first kappa shape index (κ1) is 14.5. The van der Waals surface area contributed by atoms with Crippen molar-refractivity contribution in [2.45, 2.75) is 45.1 Å². The number of nitrogens with zero attached hydrogens (tertiary/aromatic N) is 2. The van der Waals surface area contributed by atoms with E-state index in [9.17, 15) is 14.7 Å². The molecule has 0 saturated heterocycles. The zero-order valence-electron chi connectivity index (χ0n) is 12.0. The monoisotopic (exact) mass is 280 g/mol. The van der Waals surface area contributed by atoms with E-state index in [4.69, 9.17) is 0 Å². The van der Waals surface area contributed by atoms with Crippen LogP contribution in [0.5, 0.6) is 0 Å². The fourth-order valence-corrected chi connectivity index (χ4v) is 2.12. The summed E-state index contributed by atoms with van der Waals surface area (Å²) in [5, 5.41) is 9.63. The summed E-state index contributed by atoms with van der Waals surface area (Å²) in [6.07, 6.45) is 3.12. The summed E-state index contributed by atoms with van der Waals surface area (Å²) in [4.78, 5) is 32.6. The van der Waals surface area contributed by atoms with Crippen LogP contribution in [0.3, 0.4) is 0 Å². The van der Waals surface area contributed by atoms with Crippen LogP contribution in [0.15, 0.2) is 9.59 Å². The zero-order chi connectivity index (χ0) is 14.9. The number of fused-ring (bicyclic) bond motifs is 1. The Morgan fingerprint density at radius 3 is 2.60 bits per heavy atom. The van der Waals surface area contributed by atoms with E-state index in [1.54, 1.807) is 20.9 Å². The minimum absolute atomic E-state index is 0.324. The summed E-state index contributed by atoms with van der Waals surface area (Å²) in [7, 11) is 1.57. The van der Waals surface area contributed by atoms with Crippen molar-refractivity contribution in [2.75, 3.05) is 0 Å². The number of aromatic amines is 2. The normalized spacial score (nSPS) is 12.2. The molecule has 2 heterocycles. The molecule has 7 nitrogen and oxygen atoms in total. The number of rotatable bonds is 5. The molecule has 0 amide bonds. The van der Waals surface area contributed by atoms with Crippen LogP contribution in [0.25, 0.3) is 11.2 Å². The smallest absolute Gasteiger partial charge is 0.329 e. The molecular weight excluding hydrogens is 260 g/mol. The van der Waals surface area contributed by atoms with Crippen molar-refractivity contribution in [1.82, 2.24) is 19.5 Å². The highest BCUT2D eigenvalue weighted by molar-refractivity contribution is 5.69. The lowest BCUT2D eigenvalue weighted by Gasteiger charge is -2.15. The van der Waals surface area contributed by atoms with Crippen molar-refractivity contribution in [3.8, 4) is 0 Å². The Morgan fingerprint density at radius 2 is 1.95 bits per heavy atom. The highest BCUT2D eigenvalue weighted by Gasteiger charge is 2.13. The molecule has 7 heteroatoms. The molecule has 0 bridgehead atoms. The molecule has 110 valence electrons. The average molecular weight is 280 g/mol. The van der Waals surface area contributed by atoms with Crippen LogP contribution in [-0.4, -0.2) is 30.2 Å².